The van der Waals surface area contributed by atoms with Crippen LogP contribution in [0.4, 0.5) is 0 Å². The SMILES string of the molecule is CC1OC(OC2C(OC3C(OC4CCC5(C)C(CCC6(C)C7CCC8(C)C(O)CC(C)(C)CC8C7=CCC65)C4(C)CO)OC(C(=O)O)C(O)C3O)OC(CO)C(O)C2O)C(O)C(O)C1O. The lowest BCUT2D eigenvalue weighted by atomic mass is 9.37. The second kappa shape index (κ2) is 17.8. The molecule has 0 aromatic heterocycles. The van der Waals surface area contributed by atoms with Crippen molar-refractivity contribution in [2.45, 2.75) is 211 Å². The first-order chi connectivity index (χ1) is 30.4. The van der Waals surface area contributed by atoms with Gasteiger partial charge in [-0.25, -0.2) is 4.79 Å². The monoisotopic (exact) mass is 929 g/mol. The molecule has 3 aliphatic heterocycles. The Balaban J connectivity index is 1.06. The summed E-state index contributed by atoms with van der Waals surface area (Å²) >= 11 is 0. The fourth-order valence-electron chi connectivity index (χ4n) is 14.8. The van der Waals surface area contributed by atoms with E-state index in [-0.39, 0.29) is 46.2 Å². The Morgan fingerprint density at radius 3 is 1.91 bits per heavy atom. The number of ether oxygens (including phenoxy) is 6. The molecule has 372 valence electrons. The molecule has 18 heteroatoms. The number of hydrogen-bond donors (Lipinski definition) is 11. The fraction of sp³-hybridized carbons (Fsp3) is 0.936. The van der Waals surface area contributed by atoms with Crippen molar-refractivity contribution in [3.8, 4) is 0 Å². The summed E-state index contributed by atoms with van der Waals surface area (Å²) in [7, 11) is 0. The van der Waals surface area contributed by atoms with Gasteiger partial charge in [0, 0.05) is 10.8 Å². The van der Waals surface area contributed by atoms with E-state index in [2.05, 4.69) is 40.7 Å². The smallest absolute Gasteiger partial charge is 0.335 e. The summed E-state index contributed by atoms with van der Waals surface area (Å²) < 4.78 is 36.1. The zero-order chi connectivity index (χ0) is 47.5. The highest BCUT2D eigenvalue weighted by molar-refractivity contribution is 5.73. The first kappa shape index (κ1) is 50.0. The van der Waals surface area contributed by atoms with Crippen molar-refractivity contribution in [2.75, 3.05) is 13.2 Å². The molecule has 25 unspecified atom stereocenters. The van der Waals surface area contributed by atoms with Crippen LogP contribution in [0.15, 0.2) is 11.6 Å². The number of aliphatic hydroxyl groups is 10. The molecule has 0 aromatic carbocycles. The zero-order valence-electron chi connectivity index (χ0n) is 38.8. The molecular formula is C47H76O18. The van der Waals surface area contributed by atoms with Crippen LogP contribution in [0.25, 0.3) is 0 Å². The average Bonchev–Trinajstić information content (AvgIpc) is 3.24. The normalized spacial score (nSPS) is 55.5. The van der Waals surface area contributed by atoms with Gasteiger partial charge in [-0.15, -0.1) is 0 Å². The molecule has 8 aliphatic rings. The van der Waals surface area contributed by atoms with Gasteiger partial charge in [-0.3, -0.25) is 0 Å². The van der Waals surface area contributed by atoms with Crippen LogP contribution in [0.3, 0.4) is 0 Å². The van der Waals surface area contributed by atoms with Crippen LogP contribution in [0.2, 0.25) is 0 Å². The standard InChI is InChI=1S/C47H76O18/c1-20-29(51)31(53)35(57)40(60-20)64-37-32(54)30(52)24(18-48)61-41(37)65-38-34(56)33(55)36(39(58)59)63-42(38)62-28-12-15-46(6)25-9-8-21-22(44(25,4)14-11-26(46)47(28,7)19-49)10-13-45(5)23(21)16-43(2,3)17-27(45)50/h8,20,22-38,40-42,48-57H,9-19H2,1-7H3,(H,58,59). The fourth-order valence-corrected chi connectivity index (χ4v) is 14.8. The maximum absolute atomic E-state index is 12.4. The molecule has 8 rings (SSSR count). The lowest BCUT2D eigenvalue weighted by Crippen LogP contribution is -2.68. The van der Waals surface area contributed by atoms with Crippen LogP contribution in [-0.2, 0) is 33.2 Å². The van der Waals surface area contributed by atoms with E-state index in [9.17, 15) is 61.0 Å². The van der Waals surface area contributed by atoms with Crippen LogP contribution in [0.1, 0.15) is 106 Å². The minimum absolute atomic E-state index is 0.0224. The highest BCUT2D eigenvalue weighted by Crippen LogP contribution is 2.72. The Kier molecular flexibility index (Phi) is 13.7. The number of carboxylic acid groups (broad SMARTS) is 1. The Labute approximate surface area is 380 Å². The molecule has 65 heavy (non-hydrogen) atoms. The number of aliphatic hydroxyl groups excluding tert-OH is 10. The number of allylic oxidation sites excluding steroid dienone is 2. The minimum Gasteiger partial charge on any atom is -0.479 e. The van der Waals surface area contributed by atoms with Crippen molar-refractivity contribution < 1.29 is 89.4 Å². The molecule has 0 spiro atoms. The molecule has 0 bridgehead atoms. The molecule has 25 atom stereocenters. The predicted molar refractivity (Wildman–Crippen MR) is 226 cm³/mol. The Morgan fingerprint density at radius 1 is 0.646 bits per heavy atom. The van der Waals surface area contributed by atoms with Gasteiger partial charge >= 0.3 is 5.97 Å². The van der Waals surface area contributed by atoms with E-state index in [0.29, 0.717) is 24.7 Å². The predicted octanol–water partition coefficient (Wildman–Crippen LogP) is 0.315. The van der Waals surface area contributed by atoms with Gasteiger partial charge < -0.3 is 84.6 Å². The quantitative estimate of drug-likeness (QED) is 0.110. The van der Waals surface area contributed by atoms with E-state index in [0.717, 1.165) is 44.9 Å². The number of carbonyl (C=O) groups is 1. The molecule has 18 nitrogen and oxygen atoms in total. The molecule has 5 aliphatic carbocycles. The Hall–Kier alpha value is -1.43. The molecule has 11 N–H and O–H groups in total. The third-order valence-electron chi connectivity index (χ3n) is 18.7. The third kappa shape index (κ3) is 8.08. The molecule has 3 heterocycles. The van der Waals surface area contributed by atoms with Gasteiger partial charge in [0.15, 0.2) is 25.0 Å². The maximum atomic E-state index is 12.4. The molecule has 0 radical (unpaired) electrons. The number of carboxylic acids is 1. The number of rotatable bonds is 9. The minimum atomic E-state index is -2.06. The Bertz CT molecular complexity index is 1770. The molecule has 0 amide bonds. The van der Waals surface area contributed by atoms with Gasteiger partial charge in [0.25, 0.3) is 0 Å². The van der Waals surface area contributed by atoms with Crippen LogP contribution >= 0.6 is 0 Å². The molecule has 4 saturated carbocycles. The Morgan fingerprint density at radius 2 is 1.26 bits per heavy atom. The van der Waals surface area contributed by atoms with E-state index in [1.807, 2.05) is 6.92 Å². The van der Waals surface area contributed by atoms with Gasteiger partial charge in [-0.2, -0.15) is 0 Å². The highest BCUT2D eigenvalue weighted by Gasteiger charge is 2.67. The van der Waals surface area contributed by atoms with Crippen molar-refractivity contribution in [1.29, 1.82) is 0 Å². The van der Waals surface area contributed by atoms with Gasteiger partial charge in [0.05, 0.1) is 31.5 Å². The van der Waals surface area contributed by atoms with Crippen molar-refractivity contribution in [3.05, 3.63) is 11.6 Å². The van der Waals surface area contributed by atoms with Crippen molar-refractivity contribution in [1.82, 2.24) is 0 Å². The number of fused-ring (bicyclic) bond motifs is 7. The van der Waals surface area contributed by atoms with Crippen LogP contribution in [-0.4, -0.2) is 180 Å². The lowest BCUT2D eigenvalue weighted by Gasteiger charge is -2.69. The van der Waals surface area contributed by atoms with E-state index < -0.39 is 116 Å². The summed E-state index contributed by atoms with van der Waals surface area (Å²) in [4.78, 5) is 12.4. The van der Waals surface area contributed by atoms with E-state index in [1.54, 1.807) is 0 Å². The van der Waals surface area contributed by atoms with E-state index >= 15 is 0 Å². The van der Waals surface area contributed by atoms with Gasteiger partial charge in [0.2, 0.25) is 0 Å². The van der Waals surface area contributed by atoms with Crippen LogP contribution in [0.5, 0.6) is 0 Å². The zero-order valence-corrected chi connectivity index (χ0v) is 38.8. The molecule has 0 aromatic rings. The van der Waals surface area contributed by atoms with Crippen molar-refractivity contribution >= 4 is 5.97 Å². The second-order valence-corrected chi connectivity index (χ2v) is 23.0. The maximum Gasteiger partial charge on any atom is 0.335 e. The average molecular weight is 929 g/mol. The molecule has 7 fully saturated rings. The highest BCUT2D eigenvalue weighted by atomic mass is 16.8. The summed E-state index contributed by atoms with van der Waals surface area (Å²) in [6.45, 7) is 13.9. The topological polar surface area (TPSA) is 295 Å². The van der Waals surface area contributed by atoms with Gasteiger partial charge in [-0.05, 0) is 105 Å². The van der Waals surface area contributed by atoms with Gasteiger partial charge in [0.1, 0.15) is 61.0 Å². The summed E-state index contributed by atoms with van der Waals surface area (Å²) in [5.74, 6) is -0.705. The summed E-state index contributed by atoms with van der Waals surface area (Å²) in [5, 5.41) is 120. The van der Waals surface area contributed by atoms with Gasteiger partial charge in [-0.1, -0.05) is 53.2 Å². The first-order valence-corrected chi connectivity index (χ1v) is 23.9. The third-order valence-corrected chi connectivity index (χ3v) is 18.7. The van der Waals surface area contributed by atoms with Crippen molar-refractivity contribution in [3.63, 3.8) is 0 Å². The first-order valence-electron chi connectivity index (χ1n) is 23.9. The number of hydrogen-bond acceptors (Lipinski definition) is 17. The second-order valence-electron chi connectivity index (χ2n) is 23.0. The molecular weight excluding hydrogens is 852 g/mol. The van der Waals surface area contributed by atoms with Crippen molar-refractivity contribution in [2.24, 2.45) is 50.7 Å². The molecule has 3 saturated heterocycles. The van der Waals surface area contributed by atoms with Crippen LogP contribution < -0.4 is 0 Å². The summed E-state index contributed by atoms with van der Waals surface area (Å²) in [5.41, 5.74) is 0.206. The van der Waals surface area contributed by atoms with E-state index in [1.165, 1.54) is 12.5 Å². The summed E-state index contributed by atoms with van der Waals surface area (Å²) in [6.07, 6.45) is -17.4. The summed E-state index contributed by atoms with van der Waals surface area (Å²) in [6, 6.07) is 0. The lowest BCUT2D eigenvalue weighted by molar-refractivity contribution is -0.396. The van der Waals surface area contributed by atoms with E-state index in [4.69, 9.17) is 28.4 Å². The van der Waals surface area contributed by atoms with Crippen LogP contribution in [0, 0.1) is 50.7 Å². The largest absolute Gasteiger partial charge is 0.479 e. The number of aliphatic carboxylic acids is 1.